The van der Waals surface area contributed by atoms with Gasteiger partial charge in [0.25, 0.3) is 5.91 Å². The average Bonchev–Trinajstić information content (AvgIpc) is 3.20. The van der Waals surface area contributed by atoms with E-state index in [0.29, 0.717) is 11.5 Å². The predicted octanol–water partition coefficient (Wildman–Crippen LogP) is 6.10. The first-order valence-electron chi connectivity index (χ1n) is 10.8. The molecule has 0 aromatic carbocycles. The van der Waals surface area contributed by atoms with E-state index < -0.39 is 0 Å². The molecule has 1 fully saturated rings. The summed E-state index contributed by atoms with van der Waals surface area (Å²) in [5, 5.41) is 7.70. The number of carbonyl (C=O) groups is 1. The number of aromatic nitrogens is 2. The summed E-state index contributed by atoms with van der Waals surface area (Å²) < 4.78 is 1.93. The summed E-state index contributed by atoms with van der Waals surface area (Å²) in [5.41, 5.74) is 3.84. The van der Waals surface area contributed by atoms with E-state index in [0.717, 1.165) is 11.2 Å². The molecular weight excluding hydrogens is 358 g/mol. The van der Waals surface area contributed by atoms with E-state index in [9.17, 15) is 4.79 Å². The van der Waals surface area contributed by atoms with E-state index in [1.165, 1.54) is 56.9 Å². The molecule has 2 heterocycles. The Labute approximate surface area is 172 Å². The number of rotatable bonds is 3. The summed E-state index contributed by atoms with van der Waals surface area (Å²) in [6.45, 7) is 0. The van der Waals surface area contributed by atoms with Crippen LogP contribution in [0.25, 0.3) is 5.52 Å². The van der Waals surface area contributed by atoms with Crippen molar-refractivity contribution in [3.63, 3.8) is 0 Å². The molecule has 0 saturated heterocycles. The van der Waals surface area contributed by atoms with Gasteiger partial charge in [-0.05, 0) is 43.0 Å². The van der Waals surface area contributed by atoms with Crippen LogP contribution in [0.5, 0.6) is 0 Å². The van der Waals surface area contributed by atoms with Gasteiger partial charge in [-0.1, -0.05) is 68.9 Å². The summed E-state index contributed by atoms with van der Waals surface area (Å²) in [4.78, 5) is 13.0. The van der Waals surface area contributed by atoms with Crippen molar-refractivity contribution in [1.82, 2.24) is 9.61 Å². The molecule has 1 amide bonds. The third-order valence-electron chi connectivity index (χ3n) is 5.88. The van der Waals surface area contributed by atoms with Crippen molar-refractivity contribution in [3.8, 4) is 0 Å². The number of allylic oxidation sites excluding steroid dienone is 6. The lowest BCUT2D eigenvalue weighted by Gasteiger charge is -2.21. The number of carbonyl (C=O) groups excluding carboxylic acids is 1. The normalized spacial score (nSPS) is 23.5. The molecule has 150 valence electrons. The van der Waals surface area contributed by atoms with Crippen LogP contribution in [0.4, 0.5) is 5.69 Å². The molecule has 0 aliphatic heterocycles. The first kappa shape index (κ1) is 19.4. The highest BCUT2D eigenvalue weighted by molar-refractivity contribution is 6.06. The van der Waals surface area contributed by atoms with Crippen molar-refractivity contribution in [3.05, 3.63) is 78.2 Å². The lowest BCUT2D eigenvalue weighted by molar-refractivity contribution is -0.112. The molecule has 29 heavy (non-hydrogen) atoms. The Morgan fingerprint density at radius 3 is 2.52 bits per heavy atom. The summed E-state index contributed by atoms with van der Waals surface area (Å²) in [6, 6.07) is 4.15. The second-order valence-electron chi connectivity index (χ2n) is 7.91. The van der Waals surface area contributed by atoms with Crippen LogP contribution < -0.4 is 5.32 Å². The minimum Gasteiger partial charge on any atom is -0.320 e. The third-order valence-corrected chi connectivity index (χ3v) is 5.88. The van der Waals surface area contributed by atoms with Gasteiger partial charge in [0.1, 0.15) is 0 Å². The van der Waals surface area contributed by atoms with Crippen LogP contribution in [0, 0.1) is 0 Å². The lowest BCUT2D eigenvalue weighted by atomic mass is 9.88. The van der Waals surface area contributed by atoms with Crippen molar-refractivity contribution in [2.45, 2.75) is 57.3 Å². The molecule has 4 rings (SSSR count). The molecule has 0 atom stereocenters. The third kappa shape index (κ3) is 4.76. The van der Waals surface area contributed by atoms with Gasteiger partial charge in [0.05, 0.1) is 17.4 Å². The van der Waals surface area contributed by atoms with Crippen LogP contribution in [0.2, 0.25) is 0 Å². The molecule has 1 saturated carbocycles. The van der Waals surface area contributed by atoms with E-state index in [1.807, 2.05) is 65.5 Å². The van der Waals surface area contributed by atoms with Crippen molar-refractivity contribution in [1.29, 1.82) is 0 Å². The number of nitrogens with zero attached hydrogens (tertiary/aromatic N) is 2. The summed E-state index contributed by atoms with van der Waals surface area (Å²) in [5.74, 6) is 0.358. The highest BCUT2D eigenvalue weighted by Gasteiger charge is 2.22. The highest BCUT2D eigenvalue weighted by Crippen LogP contribution is 2.37. The zero-order valence-electron chi connectivity index (χ0n) is 16.9. The number of hydrogen-bond acceptors (Lipinski definition) is 2. The molecule has 0 unspecified atom stereocenters. The molecule has 0 radical (unpaired) electrons. The number of anilines is 1. The quantitative estimate of drug-likeness (QED) is 0.692. The fourth-order valence-electron chi connectivity index (χ4n) is 4.38. The second-order valence-corrected chi connectivity index (χ2v) is 7.91. The number of hydrogen-bond donors (Lipinski definition) is 1. The van der Waals surface area contributed by atoms with Crippen LogP contribution in [0.1, 0.15) is 62.8 Å². The Morgan fingerprint density at radius 2 is 1.69 bits per heavy atom. The van der Waals surface area contributed by atoms with Crippen LogP contribution >= 0.6 is 0 Å². The standard InChI is InChI=1S/C25H29N3O/c29-25(21-15-10-6-3-7-11-16-21)27-22-19-26-28-18-12-17-23(28)24(22)20-13-8-4-1-2-5-9-14-20/h3,6-7,10-12,15-20H,1-2,4-5,8-9,13-14H2,(H,27,29)/b6-3-,7-3?,10-6?,11-7-,15-10-,16-11?,21-15?,21-16+. The van der Waals surface area contributed by atoms with Gasteiger partial charge in [-0.25, -0.2) is 4.52 Å². The molecule has 1 N–H and O–H groups in total. The van der Waals surface area contributed by atoms with Gasteiger partial charge in [0, 0.05) is 17.3 Å². The van der Waals surface area contributed by atoms with E-state index in [2.05, 4.69) is 16.5 Å². The topological polar surface area (TPSA) is 46.4 Å². The SMILES string of the molecule is O=C(Nc1cnn2cccc2c1C1CCCCCCCC1)C1=C/C=C\C=C/C=C\1. The molecule has 4 nitrogen and oxygen atoms in total. The van der Waals surface area contributed by atoms with Gasteiger partial charge in [-0.15, -0.1) is 0 Å². The van der Waals surface area contributed by atoms with E-state index >= 15 is 0 Å². The zero-order chi connectivity index (χ0) is 19.9. The fraction of sp³-hybridized carbons (Fsp3) is 0.360. The Bertz CT molecular complexity index is 967. The van der Waals surface area contributed by atoms with Gasteiger partial charge < -0.3 is 5.32 Å². The minimum absolute atomic E-state index is 0.0942. The molecule has 2 aromatic rings. The van der Waals surface area contributed by atoms with Gasteiger partial charge >= 0.3 is 0 Å². The highest BCUT2D eigenvalue weighted by atomic mass is 16.1. The van der Waals surface area contributed by atoms with Crippen LogP contribution in [-0.2, 0) is 4.79 Å². The zero-order valence-corrected chi connectivity index (χ0v) is 16.9. The van der Waals surface area contributed by atoms with Crippen molar-refractivity contribution in [2.24, 2.45) is 0 Å². The number of nitrogens with one attached hydrogen (secondary N) is 1. The molecule has 4 heteroatoms. The lowest BCUT2D eigenvalue weighted by Crippen LogP contribution is -2.17. The van der Waals surface area contributed by atoms with Crippen LogP contribution in [0.3, 0.4) is 0 Å². The van der Waals surface area contributed by atoms with Crippen molar-refractivity contribution < 1.29 is 4.79 Å². The van der Waals surface area contributed by atoms with Gasteiger partial charge in [0.2, 0.25) is 0 Å². The average molecular weight is 388 g/mol. The monoisotopic (exact) mass is 387 g/mol. The Balaban J connectivity index is 1.66. The first-order valence-corrected chi connectivity index (χ1v) is 10.8. The molecule has 2 aromatic heterocycles. The van der Waals surface area contributed by atoms with Crippen LogP contribution in [0.15, 0.2) is 72.6 Å². The van der Waals surface area contributed by atoms with Gasteiger partial charge in [0.15, 0.2) is 0 Å². The maximum Gasteiger partial charge on any atom is 0.255 e. The van der Waals surface area contributed by atoms with Crippen LogP contribution in [-0.4, -0.2) is 15.5 Å². The molecule has 2 aliphatic carbocycles. The van der Waals surface area contributed by atoms with E-state index in [-0.39, 0.29) is 5.91 Å². The van der Waals surface area contributed by atoms with Gasteiger partial charge in [-0.2, -0.15) is 5.10 Å². The fourth-order valence-corrected chi connectivity index (χ4v) is 4.38. The number of amides is 1. The minimum atomic E-state index is -0.0942. The summed E-state index contributed by atoms with van der Waals surface area (Å²) >= 11 is 0. The summed E-state index contributed by atoms with van der Waals surface area (Å²) in [6.07, 6.45) is 27.2. The molecule has 2 aliphatic rings. The van der Waals surface area contributed by atoms with Crippen molar-refractivity contribution >= 4 is 17.1 Å². The van der Waals surface area contributed by atoms with E-state index in [4.69, 9.17) is 0 Å². The smallest absolute Gasteiger partial charge is 0.255 e. The maximum absolute atomic E-state index is 13.0. The molecule has 0 bridgehead atoms. The largest absolute Gasteiger partial charge is 0.320 e. The molecule has 0 spiro atoms. The van der Waals surface area contributed by atoms with E-state index in [1.54, 1.807) is 0 Å². The van der Waals surface area contributed by atoms with Crippen molar-refractivity contribution in [2.75, 3.05) is 5.32 Å². The Kier molecular flexibility index (Phi) is 6.40. The number of fused-ring (bicyclic) bond motifs is 1. The second kappa shape index (κ2) is 9.55. The summed E-state index contributed by atoms with van der Waals surface area (Å²) in [7, 11) is 0. The maximum atomic E-state index is 13.0. The van der Waals surface area contributed by atoms with Gasteiger partial charge in [-0.3, -0.25) is 4.79 Å². The predicted molar refractivity (Wildman–Crippen MR) is 119 cm³/mol. The first-order chi connectivity index (χ1) is 14.3. The Morgan fingerprint density at radius 1 is 0.966 bits per heavy atom. The Hall–Kier alpha value is -2.88. The molecular formula is C25H29N3O.